The number of carbonyl (C=O) groups is 1. The molecule has 0 aliphatic carbocycles. The van der Waals surface area contributed by atoms with Crippen molar-refractivity contribution in [2.45, 2.75) is 13.1 Å². The summed E-state index contributed by atoms with van der Waals surface area (Å²) in [4.78, 5) is 18.1. The van der Waals surface area contributed by atoms with Gasteiger partial charge in [0.25, 0.3) is 0 Å². The van der Waals surface area contributed by atoms with Gasteiger partial charge in [0.05, 0.1) is 26.7 Å². The van der Waals surface area contributed by atoms with Crippen molar-refractivity contribution in [1.82, 2.24) is 30.1 Å². The number of halogens is 1. The molecule has 0 unspecified atom stereocenters. The van der Waals surface area contributed by atoms with Crippen LogP contribution in [0.5, 0.6) is 5.75 Å². The van der Waals surface area contributed by atoms with E-state index in [1.165, 1.54) is 4.90 Å². The number of aliphatic imine (C=N–C) groups is 1. The van der Waals surface area contributed by atoms with E-state index in [9.17, 15) is 4.79 Å². The Morgan fingerprint density at radius 2 is 1.90 bits per heavy atom. The van der Waals surface area contributed by atoms with Crippen molar-refractivity contribution >= 4 is 41.5 Å². The van der Waals surface area contributed by atoms with Crippen molar-refractivity contribution in [2.24, 2.45) is 4.99 Å². The summed E-state index contributed by atoms with van der Waals surface area (Å²) in [6.07, 6.45) is 1.91. The molecule has 2 N–H and O–H groups in total. The van der Waals surface area contributed by atoms with E-state index in [1.54, 1.807) is 21.2 Å². The van der Waals surface area contributed by atoms with Crippen molar-refractivity contribution < 1.29 is 9.53 Å². The van der Waals surface area contributed by atoms with E-state index >= 15 is 0 Å². The Morgan fingerprint density at radius 1 is 1.13 bits per heavy atom. The second kappa shape index (κ2) is 11.3. The molecule has 0 fully saturated rings. The number of carbonyl (C=O) groups excluding carboxylic acids is 1. The van der Waals surface area contributed by atoms with Crippen molar-refractivity contribution in [2.75, 3.05) is 27.7 Å². The number of aromatic nitrogens is 3. The zero-order valence-electron chi connectivity index (χ0n) is 17.2. The van der Waals surface area contributed by atoms with Crippen LogP contribution in [0.25, 0.3) is 5.65 Å². The number of pyridine rings is 1. The maximum Gasteiger partial charge on any atom is 0.241 e. The van der Waals surface area contributed by atoms with Crippen LogP contribution in [-0.2, 0) is 17.9 Å². The molecule has 1 aromatic carbocycles. The number of hydrogen-bond donors (Lipinski definition) is 2. The van der Waals surface area contributed by atoms with Crippen LogP contribution in [0.3, 0.4) is 0 Å². The van der Waals surface area contributed by atoms with Crippen molar-refractivity contribution in [3.63, 3.8) is 0 Å². The second-order valence-corrected chi connectivity index (χ2v) is 6.55. The first-order chi connectivity index (χ1) is 14.1. The van der Waals surface area contributed by atoms with E-state index in [4.69, 9.17) is 4.74 Å². The third-order valence-electron chi connectivity index (χ3n) is 4.28. The molecule has 0 bridgehead atoms. The normalized spacial score (nSPS) is 11.0. The Bertz CT molecular complexity index is 986. The van der Waals surface area contributed by atoms with Gasteiger partial charge in [-0.1, -0.05) is 18.2 Å². The summed E-state index contributed by atoms with van der Waals surface area (Å²) in [5, 5.41) is 14.6. The third kappa shape index (κ3) is 6.31. The first kappa shape index (κ1) is 23.4. The zero-order valence-corrected chi connectivity index (χ0v) is 19.5. The van der Waals surface area contributed by atoms with Crippen LogP contribution in [0.1, 0.15) is 11.4 Å². The highest BCUT2D eigenvalue weighted by Gasteiger charge is 2.09. The van der Waals surface area contributed by atoms with Crippen LogP contribution >= 0.6 is 24.0 Å². The Labute approximate surface area is 192 Å². The highest BCUT2D eigenvalue weighted by atomic mass is 127. The first-order valence-electron chi connectivity index (χ1n) is 9.20. The van der Waals surface area contributed by atoms with Crippen LogP contribution in [0.2, 0.25) is 0 Å². The molecule has 0 atom stereocenters. The molecular weight excluding hydrogens is 497 g/mol. The van der Waals surface area contributed by atoms with Crippen LogP contribution in [0.4, 0.5) is 0 Å². The van der Waals surface area contributed by atoms with Crippen LogP contribution in [0.15, 0.2) is 53.7 Å². The fraction of sp³-hybridized carbons (Fsp3) is 0.300. The molecule has 0 aliphatic heterocycles. The summed E-state index contributed by atoms with van der Waals surface area (Å²) in [5.41, 5.74) is 1.80. The number of guanidine groups is 1. The molecule has 2 heterocycles. The van der Waals surface area contributed by atoms with Gasteiger partial charge >= 0.3 is 0 Å². The molecule has 3 aromatic rings. The Hall–Kier alpha value is -2.89. The van der Waals surface area contributed by atoms with E-state index < -0.39 is 0 Å². The Morgan fingerprint density at radius 3 is 2.60 bits per heavy atom. The van der Waals surface area contributed by atoms with Gasteiger partial charge < -0.3 is 20.3 Å². The zero-order chi connectivity index (χ0) is 20.6. The van der Waals surface area contributed by atoms with E-state index in [2.05, 4.69) is 25.8 Å². The summed E-state index contributed by atoms with van der Waals surface area (Å²) in [6, 6.07) is 13.4. The fourth-order valence-corrected chi connectivity index (χ4v) is 2.57. The van der Waals surface area contributed by atoms with E-state index in [0.717, 1.165) is 22.8 Å². The highest BCUT2D eigenvalue weighted by Crippen LogP contribution is 2.11. The number of amides is 1. The molecule has 30 heavy (non-hydrogen) atoms. The molecule has 0 spiro atoms. The lowest BCUT2D eigenvalue weighted by Crippen LogP contribution is -2.42. The van der Waals surface area contributed by atoms with Crippen molar-refractivity contribution in [3.8, 4) is 5.75 Å². The molecule has 0 radical (unpaired) electrons. The second-order valence-electron chi connectivity index (χ2n) is 6.55. The first-order valence-corrected chi connectivity index (χ1v) is 9.20. The van der Waals surface area contributed by atoms with Gasteiger partial charge in [-0.25, -0.2) is 4.99 Å². The maximum atomic E-state index is 11.9. The number of hydrogen-bond acceptors (Lipinski definition) is 5. The SMILES string of the molecule is COc1ccc(CN=C(NCC(=O)N(C)C)NCc2nnc3ccccn23)cc1.I. The number of fused-ring (bicyclic) bond motifs is 1. The van der Waals surface area contributed by atoms with E-state index in [1.807, 2.05) is 53.1 Å². The highest BCUT2D eigenvalue weighted by molar-refractivity contribution is 14.0. The quantitative estimate of drug-likeness (QED) is 0.278. The largest absolute Gasteiger partial charge is 0.497 e. The molecular formula is C20H26IN7O2. The third-order valence-corrected chi connectivity index (χ3v) is 4.28. The predicted octanol–water partition coefficient (Wildman–Crippen LogP) is 1.68. The van der Waals surface area contributed by atoms with Crippen molar-refractivity contribution in [3.05, 3.63) is 60.0 Å². The number of nitrogens with zero attached hydrogens (tertiary/aromatic N) is 5. The fourth-order valence-electron chi connectivity index (χ4n) is 2.57. The summed E-state index contributed by atoms with van der Waals surface area (Å²) in [6.45, 7) is 1.01. The van der Waals surface area contributed by atoms with Crippen LogP contribution < -0.4 is 15.4 Å². The van der Waals surface area contributed by atoms with Gasteiger partial charge in [-0.3, -0.25) is 9.20 Å². The summed E-state index contributed by atoms with van der Waals surface area (Å²) < 4.78 is 7.08. The Balaban J connectivity index is 0.00000320. The topological polar surface area (TPSA) is 96.1 Å². The molecule has 9 nitrogen and oxygen atoms in total. The van der Waals surface area contributed by atoms with Crippen LogP contribution in [-0.4, -0.2) is 59.1 Å². The monoisotopic (exact) mass is 523 g/mol. The van der Waals surface area contributed by atoms with Gasteiger partial charge in [-0.05, 0) is 29.8 Å². The summed E-state index contributed by atoms with van der Waals surface area (Å²) >= 11 is 0. The average molecular weight is 523 g/mol. The number of benzene rings is 1. The molecule has 0 aliphatic rings. The predicted molar refractivity (Wildman–Crippen MR) is 126 cm³/mol. The molecule has 160 valence electrons. The lowest BCUT2D eigenvalue weighted by molar-refractivity contribution is -0.127. The number of methoxy groups -OCH3 is 1. The van der Waals surface area contributed by atoms with Crippen molar-refractivity contribution in [1.29, 1.82) is 0 Å². The van der Waals surface area contributed by atoms with Gasteiger partial charge in [-0.15, -0.1) is 34.2 Å². The number of rotatable bonds is 7. The molecule has 0 saturated heterocycles. The number of nitrogens with one attached hydrogen (secondary N) is 2. The smallest absolute Gasteiger partial charge is 0.241 e. The van der Waals surface area contributed by atoms with Gasteiger partial charge in [0, 0.05) is 20.3 Å². The minimum Gasteiger partial charge on any atom is -0.497 e. The maximum absolute atomic E-state index is 11.9. The van der Waals surface area contributed by atoms with E-state index in [-0.39, 0.29) is 36.4 Å². The van der Waals surface area contributed by atoms with Gasteiger partial charge in [0.15, 0.2) is 17.4 Å². The van der Waals surface area contributed by atoms with E-state index in [0.29, 0.717) is 19.0 Å². The van der Waals surface area contributed by atoms with Crippen LogP contribution in [0, 0.1) is 0 Å². The summed E-state index contributed by atoms with van der Waals surface area (Å²) in [7, 11) is 5.07. The van der Waals surface area contributed by atoms with Gasteiger partial charge in [0.1, 0.15) is 5.75 Å². The lowest BCUT2D eigenvalue weighted by atomic mass is 10.2. The van der Waals surface area contributed by atoms with Gasteiger partial charge in [-0.2, -0.15) is 0 Å². The Kier molecular flexibility index (Phi) is 8.84. The average Bonchev–Trinajstić information content (AvgIpc) is 3.16. The molecule has 3 rings (SSSR count). The number of ether oxygens (including phenoxy) is 1. The molecule has 0 saturated carbocycles. The lowest BCUT2D eigenvalue weighted by Gasteiger charge is -2.14. The molecule has 10 heteroatoms. The molecule has 1 amide bonds. The van der Waals surface area contributed by atoms with Gasteiger partial charge in [0.2, 0.25) is 5.91 Å². The minimum absolute atomic E-state index is 0. The minimum atomic E-state index is -0.0446. The molecule has 2 aromatic heterocycles. The summed E-state index contributed by atoms with van der Waals surface area (Å²) in [5.74, 6) is 2.02. The standard InChI is InChI=1S/C20H25N7O2.HI/c1-26(2)19(28)14-23-20(21-12-15-7-9-16(29-3)10-8-15)22-13-18-25-24-17-6-4-5-11-27(17)18;/h4-11H,12-14H2,1-3H3,(H2,21,22,23);1H. The number of likely N-dealkylation sites (N-methyl/N-ethyl adjacent to an activating group) is 1.